The van der Waals surface area contributed by atoms with Crippen LogP contribution in [-0.4, -0.2) is 36.5 Å². The van der Waals surface area contributed by atoms with Crippen LogP contribution in [0.25, 0.3) is 0 Å². The molecule has 1 aromatic carbocycles. The molecule has 0 bridgehead atoms. The standard InChI is InChI=1S/C15H18FNO3/c1-20-14(18)10-11-6-4-5-9-17(11)15(19)12-7-2-3-8-13(12)16/h2-3,7-8,11H,4-6,9-10H2,1H3. The van der Waals surface area contributed by atoms with E-state index in [1.165, 1.54) is 19.2 Å². The molecule has 1 unspecified atom stereocenters. The number of amides is 1. The summed E-state index contributed by atoms with van der Waals surface area (Å²) in [7, 11) is 1.33. The van der Waals surface area contributed by atoms with Gasteiger partial charge < -0.3 is 9.64 Å². The topological polar surface area (TPSA) is 46.6 Å². The Kier molecular flexibility index (Phi) is 4.71. The van der Waals surface area contributed by atoms with Crippen LogP contribution in [-0.2, 0) is 9.53 Å². The molecular weight excluding hydrogens is 261 g/mol. The van der Waals surface area contributed by atoms with Gasteiger partial charge in [0.05, 0.1) is 19.1 Å². The molecule has 1 atom stereocenters. The third-order valence-corrected chi connectivity index (χ3v) is 3.62. The van der Waals surface area contributed by atoms with E-state index in [2.05, 4.69) is 4.74 Å². The molecule has 1 amide bonds. The summed E-state index contributed by atoms with van der Waals surface area (Å²) in [5, 5.41) is 0. The lowest BCUT2D eigenvalue weighted by molar-refractivity contribution is -0.142. The number of methoxy groups -OCH3 is 1. The zero-order valence-electron chi connectivity index (χ0n) is 11.5. The minimum atomic E-state index is -0.528. The molecule has 5 heteroatoms. The van der Waals surface area contributed by atoms with Gasteiger partial charge in [0.15, 0.2) is 0 Å². The summed E-state index contributed by atoms with van der Waals surface area (Å²) in [5.41, 5.74) is 0.0595. The first-order chi connectivity index (χ1) is 9.63. The van der Waals surface area contributed by atoms with E-state index in [-0.39, 0.29) is 29.9 Å². The molecular formula is C15H18FNO3. The first-order valence-electron chi connectivity index (χ1n) is 6.76. The molecule has 4 nitrogen and oxygen atoms in total. The third-order valence-electron chi connectivity index (χ3n) is 3.62. The number of carbonyl (C=O) groups excluding carboxylic acids is 2. The predicted molar refractivity (Wildman–Crippen MR) is 71.7 cm³/mol. The Morgan fingerprint density at radius 2 is 2.10 bits per heavy atom. The van der Waals surface area contributed by atoms with Gasteiger partial charge in [-0.2, -0.15) is 0 Å². The van der Waals surface area contributed by atoms with E-state index in [1.54, 1.807) is 17.0 Å². The van der Waals surface area contributed by atoms with Gasteiger partial charge in [-0.1, -0.05) is 12.1 Å². The number of likely N-dealkylation sites (tertiary alicyclic amines) is 1. The van der Waals surface area contributed by atoms with Crippen LogP contribution in [0.5, 0.6) is 0 Å². The zero-order valence-corrected chi connectivity index (χ0v) is 11.5. The second-order valence-electron chi connectivity index (χ2n) is 4.91. The van der Waals surface area contributed by atoms with Crippen molar-refractivity contribution in [3.63, 3.8) is 0 Å². The molecule has 1 fully saturated rings. The van der Waals surface area contributed by atoms with Crippen LogP contribution in [0.1, 0.15) is 36.0 Å². The molecule has 1 aliphatic heterocycles. The van der Waals surface area contributed by atoms with Crippen molar-refractivity contribution in [3.05, 3.63) is 35.6 Å². The molecule has 108 valence electrons. The molecule has 1 aromatic rings. The number of rotatable bonds is 3. The number of hydrogen-bond acceptors (Lipinski definition) is 3. The van der Waals surface area contributed by atoms with Crippen molar-refractivity contribution in [3.8, 4) is 0 Å². The average Bonchev–Trinajstić information content (AvgIpc) is 2.47. The summed E-state index contributed by atoms with van der Waals surface area (Å²) in [5.74, 6) is -1.22. The van der Waals surface area contributed by atoms with Gasteiger partial charge in [-0.05, 0) is 31.4 Å². The molecule has 1 heterocycles. The van der Waals surface area contributed by atoms with Crippen molar-refractivity contribution in [2.75, 3.05) is 13.7 Å². The van der Waals surface area contributed by atoms with Gasteiger partial charge in [-0.25, -0.2) is 4.39 Å². The molecule has 0 radical (unpaired) electrons. The summed E-state index contributed by atoms with van der Waals surface area (Å²) in [6, 6.07) is 5.72. The summed E-state index contributed by atoms with van der Waals surface area (Å²) in [6.07, 6.45) is 2.74. The number of esters is 1. The van der Waals surface area contributed by atoms with Crippen molar-refractivity contribution in [1.82, 2.24) is 4.90 Å². The van der Waals surface area contributed by atoms with Crippen LogP contribution in [0.3, 0.4) is 0 Å². The predicted octanol–water partition coefficient (Wildman–Crippen LogP) is 2.38. The molecule has 0 aromatic heterocycles. The van der Waals surface area contributed by atoms with Gasteiger partial charge in [0.25, 0.3) is 5.91 Å². The van der Waals surface area contributed by atoms with E-state index in [0.717, 1.165) is 19.3 Å². The van der Waals surface area contributed by atoms with Gasteiger partial charge in [-0.15, -0.1) is 0 Å². The fourth-order valence-electron chi connectivity index (χ4n) is 2.55. The Morgan fingerprint density at radius 3 is 2.80 bits per heavy atom. The first kappa shape index (κ1) is 14.5. The van der Waals surface area contributed by atoms with Gasteiger partial charge in [-0.3, -0.25) is 9.59 Å². The minimum Gasteiger partial charge on any atom is -0.469 e. The highest BCUT2D eigenvalue weighted by Gasteiger charge is 2.30. The Balaban J connectivity index is 2.17. The number of hydrogen-bond donors (Lipinski definition) is 0. The van der Waals surface area contributed by atoms with Crippen LogP contribution < -0.4 is 0 Å². The number of ether oxygens (including phenoxy) is 1. The highest BCUT2D eigenvalue weighted by atomic mass is 19.1. The number of benzene rings is 1. The van der Waals surface area contributed by atoms with E-state index < -0.39 is 5.82 Å². The first-order valence-corrected chi connectivity index (χ1v) is 6.76. The van der Waals surface area contributed by atoms with E-state index in [4.69, 9.17) is 0 Å². The number of carbonyl (C=O) groups is 2. The van der Waals surface area contributed by atoms with E-state index in [1.807, 2.05) is 0 Å². The molecule has 1 aliphatic rings. The van der Waals surface area contributed by atoms with Gasteiger partial charge in [0.2, 0.25) is 0 Å². The minimum absolute atomic E-state index is 0.0595. The van der Waals surface area contributed by atoms with Crippen molar-refractivity contribution < 1.29 is 18.7 Å². The van der Waals surface area contributed by atoms with Crippen molar-refractivity contribution in [1.29, 1.82) is 0 Å². The normalized spacial score (nSPS) is 18.7. The van der Waals surface area contributed by atoms with Crippen LogP contribution in [0.2, 0.25) is 0 Å². The summed E-state index contributed by atoms with van der Waals surface area (Å²) in [6.45, 7) is 0.550. The summed E-state index contributed by atoms with van der Waals surface area (Å²) < 4.78 is 18.4. The molecule has 2 rings (SSSR count). The maximum atomic E-state index is 13.7. The lowest BCUT2D eigenvalue weighted by atomic mass is 9.98. The fraction of sp³-hybridized carbons (Fsp3) is 0.467. The number of nitrogens with zero attached hydrogens (tertiary/aromatic N) is 1. The molecule has 0 aliphatic carbocycles. The number of halogens is 1. The van der Waals surface area contributed by atoms with E-state index in [0.29, 0.717) is 6.54 Å². The lowest BCUT2D eigenvalue weighted by Gasteiger charge is -2.35. The molecule has 0 saturated carbocycles. The van der Waals surface area contributed by atoms with Crippen LogP contribution >= 0.6 is 0 Å². The average molecular weight is 279 g/mol. The Bertz CT molecular complexity index is 504. The quantitative estimate of drug-likeness (QED) is 0.798. The highest BCUT2D eigenvalue weighted by Crippen LogP contribution is 2.23. The van der Waals surface area contributed by atoms with Crippen LogP contribution in [0, 0.1) is 5.82 Å². The lowest BCUT2D eigenvalue weighted by Crippen LogP contribution is -2.45. The van der Waals surface area contributed by atoms with Crippen molar-refractivity contribution in [2.45, 2.75) is 31.7 Å². The smallest absolute Gasteiger partial charge is 0.307 e. The Hall–Kier alpha value is -1.91. The Morgan fingerprint density at radius 1 is 1.35 bits per heavy atom. The second-order valence-corrected chi connectivity index (χ2v) is 4.91. The highest BCUT2D eigenvalue weighted by molar-refractivity contribution is 5.95. The van der Waals surface area contributed by atoms with Crippen molar-refractivity contribution >= 4 is 11.9 Å². The molecule has 1 saturated heterocycles. The SMILES string of the molecule is COC(=O)CC1CCCCN1C(=O)c1ccccc1F. The largest absolute Gasteiger partial charge is 0.469 e. The summed E-state index contributed by atoms with van der Waals surface area (Å²) in [4.78, 5) is 25.4. The van der Waals surface area contributed by atoms with E-state index in [9.17, 15) is 14.0 Å². The van der Waals surface area contributed by atoms with E-state index >= 15 is 0 Å². The number of piperidine rings is 1. The maximum Gasteiger partial charge on any atom is 0.307 e. The molecule has 0 N–H and O–H groups in total. The van der Waals surface area contributed by atoms with Gasteiger partial charge >= 0.3 is 5.97 Å². The fourth-order valence-corrected chi connectivity index (χ4v) is 2.55. The van der Waals surface area contributed by atoms with Gasteiger partial charge in [0, 0.05) is 12.6 Å². The zero-order chi connectivity index (χ0) is 14.5. The van der Waals surface area contributed by atoms with Crippen LogP contribution in [0.15, 0.2) is 24.3 Å². The molecule has 0 spiro atoms. The van der Waals surface area contributed by atoms with Gasteiger partial charge in [0.1, 0.15) is 5.82 Å². The monoisotopic (exact) mass is 279 g/mol. The van der Waals surface area contributed by atoms with Crippen molar-refractivity contribution in [2.24, 2.45) is 0 Å². The summed E-state index contributed by atoms with van der Waals surface area (Å²) >= 11 is 0. The Labute approximate surface area is 117 Å². The second kappa shape index (κ2) is 6.50. The maximum absolute atomic E-state index is 13.7. The third kappa shape index (κ3) is 3.15. The molecule has 20 heavy (non-hydrogen) atoms. The van der Waals surface area contributed by atoms with Crippen LogP contribution in [0.4, 0.5) is 4.39 Å².